The van der Waals surface area contributed by atoms with Gasteiger partial charge in [-0.1, -0.05) is 58.0 Å². The molecule has 26 heavy (non-hydrogen) atoms. The van der Waals surface area contributed by atoms with E-state index in [0.717, 1.165) is 29.0 Å². The van der Waals surface area contributed by atoms with Crippen molar-refractivity contribution in [3.8, 4) is 11.1 Å². The van der Waals surface area contributed by atoms with Crippen molar-refractivity contribution >= 4 is 5.57 Å². The van der Waals surface area contributed by atoms with Crippen molar-refractivity contribution in [3.63, 3.8) is 0 Å². The van der Waals surface area contributed by atoms with Gasteiger partial charge in [-0.05, 0) is 36.1 Å². The SMILES string of the molecule is C=C(NC)O/C(CC)=C(/C)c1ccc(-c2ccc(C(C)(C)C)cc2)cn1. The Hall–Kier alpha value is -2.55. The van der Waals surface area contributed by atoms with Gasteiger partial charge in [0.05, 0.1) is 5.69 Å². The molecule has 0 fully saturated rings. The molecule has 0 aliphatic rings. The zero-order valence-corrected chi connectivity index (χ0v) is 16.8. The van der Waals surface area contributed by atoms with Crippen LogP contribution in [0.2, 0.25) is 0 Å². The fraction of sp³-hybridized carbons (Fsp3) is 0.348. The van der Waals surface area contributed by atoms with E-state index in [0.29, 0.717) is 5.88 Å². The van der Waals surface area contributed by atoms with Crippen LogP contribution in [0.15, 0.2) is 60.8 Å². The Balaban J connectivity index is 2.26. The van der Waals surface area contributed by atoms with Crippen LogP contribution in [-0.4, -0.2) is 12.0 Å². The van der Waals surface area contributed by atoms with Crippen LogP contribution in [0.5, 0.6) is 0 Å². The maximum atomic E-state index is 5.76. The number of nitrogens with one attached hydrogen (secondary N) is 1. The van der Waals surface area contributed by atoms with E-state index >= 15 is 0 Å². The van der Waals surface area contributed by atoms with Crippen LogP contribution in [-0.2, 0) is 10.2 Å². The molecule has 3 heteroatoms. The monoisotopic (exact) mass is 350 g/mol. The highest BCUT2D eigenvalue weighted by Gasteiger charge is 2.13. The second-order valence-corrected chi connectivity index (χ2v) is 7.44. The third kappa shape index (κ3) is 4.75. The molecule has 0 amide bonds. The largest absolute Gasteiger partial charge is 0.446 e. The Morgan fingerprint density at radius 1 is 1.08 bits per heavy atom. The normalized spacial score (nSPS) is 12.4. The third-order valence-corrected chi connectivity index (χ3v) is 4.50. The summed E-state index contributed by atoms with van der Waals surface area (Å²) in [7, 11) is 1.79. The van der Waals surface area contributed by atoms with E-state index in [1.807, 2.05) is 19.2 Å². The molecule has 1 aromatic heterocycles. The summed E-state index contributed by atoms with van der Waals surface area (Å²) in [5, 5.41) is 2.91. The lowest BCUT2D eigenvalue weighted by Crippen LogP contribution is -2.10. The molecule has 0 aliphatic heterocycles. The Labute approximate surface area is 157 Å². The van der Waals surface area contributed by atoms with E-state index in [2.05, 4.69) is 74.9 Å². The fourth-order valence-corrected chi connectivity index (χ4v) is 2.71. The molecular formula is C23H30N2O. The van der Waals surface area contributed by atoms with E-state index in [9.17, 15) is 0 Å². The maximum absolute atomic E-state index is 5.76. The molecule has 138 valence electrons. The lowest BCUT2D eigenvalue weighted by molar-refractivity contribution is 0.275. The molecule has 1 N–H and O–H groups in total. The minimum Gasteiger partial charge on any atom is -0.446 e. The van der Waals surface area contributed by atoms with Crippen LogP contribution in [0.1, 0.15) is 52.3 Å². The molecule has 0 unspecified atom stereocenters. The first-order valence-electron chi connectivity index (χ1n) is 9.07. The highest BCUT2D eigenvalue weighted by atomic mass is 16.5. The number of nitrogens with zero attached hydrogens (tertiary/aromatic N) is 1. The third-order valence-electron chi connectivity index (χ3n) is 4.50. The van der Waals surface area contributed by atoms with Gasteiger partial charge in [0.1, 0.15) is 5.76 Å². The van der Waals surface area contributed by atoms with Gasteiger partial charge >= 0.3 is 0 Å². The number of aromatic nitrogens is 1. The van der Waals surface area contributed by atoms with Gasteiger partial charge in [0.25, 0.3) is 0 Å². The first-order valence-corrected chi connectivity index (χ1v) is 9.07. The molecule has 0 bridgehead atoms. The molecule has 2 aromatic rings. The van der Waals surface area contributed by atoms with E-state index in [4.69, 9.17) is 4.74 Å². The number of benzene rings is 1. The minimum absolute atomic E-state index is 0.163. The second-order valence-electron chi connectivity index (χ2n) is 7.44. The van der Waals surface area contributed by atoms with Gasteiger partial charge in [0, 0.05) is 30.8 Å². The van der Waals surface area contributed by atoms with Crippen molar-refractivity contribution < 1.29 is 4.74 Å². The van der Waals surface area contributed by atoms with Crippen molar-refractivity contribution in [1.29, 1.82) is 0 Å². The summed E-state index contributed by atoms with van der Waals surface area (Å²) >= 11 is 0. The molecule has 3 nitrogen and oxygen atoms in total. The van der Waals surface area contributed by atoms with Gasteiger partial charge in [0.15, 0.2) is 5.88 Å². The van der Waals surface area contributed by atoms with E-state index in [-0.39, 0.29) is 5.41 Å². The maximum Gasteiger partial charge on any atom is 0.185 e. The van der Waals surface area contributed by atoms with Crippen molar-refractivity contribution in [2.75, 3.05) is 7.05 Å². The van der Waals surface area contributed by atoms with Crippen LogP contribution < -0.4 is 5.32 Å². The first kappa shape index (κ1) is 19.8. The molecule has 0 saturated carbocycles. The van der Waals surface area contributed by atoms with E-state index < -0.39 is 0 Å². The van der Waals surface area contributed by atoms with Gasteiger partial charge in [0.2, 0.25) is 0 Å². The first-order chi connectivity index (χ1) is 12.3. The predicted molar refractivity (Wildman–Crippen MR) is 111 cm³/mol. The summed E-state index contributed by atoms with van der Waals surface area (Å²) < 4.78 is 5.76. The molecule has 0 aliphatic carbocycles. The molecule has 0 saturated heterocycles. The molecule has 0 atom stereocenters. The number of rotatable bonds is 6. The summed E-state index contributed by atoms with van der Waals surface area (Å²) in [6.07, 6.45) is 2.70. The number of pyridine rings is 1. The molecule has 2 rings (SSSR count). The smallest absolute Gasteiger partial charge is 0.185 e. The second kappa shape index (κ2) is 8.22. The van der Waals surface area contributed by atoms with Crippen molar-refractivity contribution in [3.05, 3.63) is 72.1 Å². The van der Waals surface area contributed by atoms with Crippen LogP contribution >= 0.6 is 0 Å². The van der Waals surface area contributed by atoms with Gasteiger partial charge in [-0.15, -0.1) is 0 Å². The lowest BCUT2D eigenvalue weighted by Gasteiger charge is -2.19. The summed E-state index contributed by atoms with van der Waals surface area (Å²) in [6, 6.07) is 12.9. The quantitative estimate of drug-likeness (QED) is 0.659. The zero-order valence-electron chi connectivity index (χ0n) is 16.8. The highest BCUT2D eigenvalue weighted by molar-refractivity contribution is 5.67. The van der Waals surface area contributed by atoms with Crippen LogP contribution in [0.25, 0.3) is 16.7 Å². The van der Waals surface area contributed by atoms with E-state index in [1.54, 1.807) is 7.05 Å². The Morgan fingerprint density at radius 2 is 1.69 bits per heavy atom. The standard InChI is InChI=1S/C23H30N2O/c1-8-22(26-17(3)24-7)16(2)21-14-11-19(15-25-21)18-9-12-20(13-10-18)23(4,5)6/h9-15,24H,3,8H2,1-2,4-7H3/b22-16-. The topological polar surface area (TPSA) is 34.1 Å². The number of hydrogen-bond acceptors (Lipinski definition) is 3. The summed E-state index contributed by atoms with van der Waals surface area (Å²) in [4.78, 5) is 4.64. The number of allylic oxidation sites excluding steroid dienone is 2. The highest BCUT2D eigenvalue weighted by Crippen LogP contribution is 2.27. The van der Waals surface area contributed by atoms with Gasteiger partial charge in [-0.25, -0.2) is 0 Å². The summed E-state index contributed by atoms with van der Waals surface area (Å²) in [5.41, 5.74) is 5.73. The average molecular weight is 351 g/mol. The summed E-state index contributed by atoms with van der Waals surface area (Å²) in [5.74, 6) is 1.41. The van der Waals surface area contributed by atoms with Crippen molar-refractivity contribution in [2.45, 2.75) is 46.5 Å². The summed E-state index contributed by atoms with van der Waals surface area (Å²) in [6.45, 7) is 14.6. The Bertz CT molecular complexity index is 778. The van der Waals surface area contributed by atoms with Gasteiger partial charge in [-0.2, -0.15) is 0 Å². The molecule has 0 radical (unpaired) electrons. The van der Waals surface area contributed by atoms with Gasteiger partial charge in [-0.3, -0.25) is 4.98 Å². The molecule has 1 heterocycles. The minimum atomic E-state index is 0.163. The predicted octanol–water partition coefficient (Wildman–Crippen LogP) is 5.89. The number of hydrogen-bond donors (Lipinski definition) is 1. The van der Waals surface area contributed by atoms with E-state index in [1.165, 1.54) is 11.1 Å². The number of ether oxygens (including phenoxy) is 1. The van der Waals surface area contributed by atoms with Crippen LogP contribution in [0.4, 0.5) is 0 Å². The fourth-order valence-electron chi connectivity index (χ4n) is 2.71. The van der Waals surface area contributed by atoms with Gasteiger partial charge < -0.3 is 10.1 Å². The lowest BCUT2D eigenvalue weighted by atomic mass is 9.86. The molecule has 0 spiro atoms. The Kier molecular flexibility index (Phi) is 6.25. The van der Waals surface area contributed by atoms with Crippen molar-refractivity contribution in [2.24, 2.45) is 0 Å². The molecular weight excluding hydrogens is 320 g/mol. The average Bonchev–Trinajstić information content (AvgIpc) is 2.65. The van der Waals surface area contributed by atoms with Crippen molar-refractivity contribution in [1.82, 2.24) is 10.3 Å². The van der Waals surface area contributed by atoms with Crippen LogP contribution in [0.3, 0.4) is 0 Å². The molecule has 1 aromatic carbocycles. The van der Waals surface area contributed by atoms with Crippen LogP contribution in [0, 0.1) is 0 Å². The zero-order chi connectivity index (χ0) is 19.3. The Morgan fingerprint density at radius 3 is 2.15 bits per heavy atom.